The second kappa shape index (κ2) is 5.97. The third kappa shape index (κ3) is 3.23. The van der Waals surface area contributed by atoms with Gasteiger partial charge in [0.1, 0.15) is 12.1 Å². The van der Waals surface area contributed by atoms with Gasteiger partial charge >= 0.3 is 0 Å². The molecule has 1 aliphatic heterocycles. The van der Waals surface area contributed by atoms with Crippen LogP contribution in [0.15, 0.2) is 37.1 Å². The van der Waals surface area contributed by atoms with Crippen molar-refractivity contribution in [2.24, 2.45) is 5.41 Å². The van der Waals surface area contributed by atoms with Crippen LogP contribution in [0.25, 0.3) is 5.82 Å². The van der Waals surface area contributed by atoms with E-state index in [2.05, 4.69) is 21.4 Å². The molecule has 1 saturated heterocycles. The zero-order valence-corrected chi connectivity index (χ0v) is 14.4. The summed E-state index contributed by atoms with van der Waals surface area (Å²) in [4.78, 5) is 8.49. The molecule has 6 nitrogen and oxygen atoms in total. The number of imidazole rings is 1. The highest BCUT2D eigenvalue weighted by Gasteiger charge is 2.49. The van der Waals surface area contributed by atoms with Gasteiger partial charge in [0.15, 0.2) is 9.84 Å². The first-order valence-electron chi connectivity index (χ1n) is 8.41. The lowest BCUT2D eigenvalue weighted by Crippen LogP contribution is -2.52. The molecule has 0 unspecified atom stereocenters. The molecule has 7 heteroatoms. The summed E-state index contributed by atoms with van der Waals surface area (Å²) in [5, 5.41) is 3.59. The normalized spacial score (nSPS) is 22.3. The van der Waals surface area contributed by atoms with Crippen LogP contribution in [0.5, 0.6) is 0 Å². The fraction of sp³-hybridized carbons (Fsp3) is 0.529. The number of hydrogen-bond acceptors (Lipinski definition) is 5. The van der Waals surface area contributed by atoms with Crippen molar-refractivity contribution in [2.75, 3.05) is 11.5 Å². The highest BCUT2D eigenvalue weighted by molar-refractivity contribution is 7.92. The Hall–Kier alpha value is -1.73. The van der Waals surface area contributed by atoms with Crippen LogP contribution in [-0.4, -0.2) is 40.5 Å². The first kappa shape index (κ1) is 15.8. The molecule has 3 heterocycles. The Morgan fingerprint density at radius 3 is 2.62 bits per heavy atom. The standard InChI is InChI=1S/C17H22N4O2S/c22-24(23)11-17(12-24)5-3-15(4-6-17)19-9-14-1-2-16(20-10-14)21-8-7-18-13-21/h1-2,7-8,10,13,15,19H,3-6,9,11-12H2. The van der Waals surface area contributed by atoms with Crippen molar-refractivity contribution in [3.8, 4) is 5.82 Å². The van der Waals surface area contributed by atoms with E-state index in [4.69, 9.17) is 0 Å². The molecule has 128 valence electrons. The molecule has 2 aliphatic rings. The van der Waals surface area contributed by atoms with Crippen molar-refractivity contribution in [3.63, 3.8) is 0 Å². The average molecular weight is 346 g/mol. The molecule has 0 radical (unpaired) electrons. The molecule has 0 aromatic carbocycles. The minimum Gasteiger partial charge on any atom is -0.310 e. The Morgan fingerprint density at radius 2 is 2.04 bits per heavy atom. The van der Waals surface area contributed by atoms with Crippen LogP contribution in [0.2, 0.25) is 0 Å². The van der Waals surface area contributed by atoms with E-state index in [-0.39, 0.29) is 5.41 Å². The predicted molar refractivity (Wildman–Crippen MR) is 91.5 cm³/mol. The first-order valence-corrected chi connectivity index (χ1v) is 10.2. The molecule has 0 amide bonds. The second-order valence-corrected chi connectivity index (χ2v) is 9.25. The van der Waals surface area contributed by atoms with Gasteiger partial charge in [-0.05, 0) is 42.7 Å². The third-order valence-corrected chi connectivity index (χ3v) is 7.38. The Bertz CT molecular complexity index is 778. The molecule has 24 heavy (non-hydrogen) atoms. The first-order chi connectivity index (χ1) is 11.5. The van der Waals surface area contributed by atoms with Crippen LogP contribution in [0.4, 0.5) is 0 Å². The molecule has 1 N–H and O–H groups in total. The van der Waals surface area contributed by atoms with Crippen molar-refractivity contribution in [3.05, 3.63) is 42.6 Å². The van der Waals surface area contributed by atoms with E-state index in [1.54, 1.807) is 12.5 Å². The molecule has 1 aliphatic carbocycles. The number of hydrogen-bond donors (Lipinski definition) is 1. The van der Waals surface area contributed by atoms with Crippen molar-refractivity contribution in [1.29, 1.82) is 0 Å². The second-order valence-electron chi connectivity index (χ2n) is 7.18. The van der Waals surface area contributed by atoms with Gasteiger partial charge in [0.2, 0.25) is 0 Å². The van der Waals surface area contributed by atoms with Crippen LogP contribution in [0.1, 0.15) is 31.2 Å². The number of sulfone groups is 1. The van der Waals surface area contributed by atoms with Crippen molar-refractivity contribution in [1.82, 2.24) is 19.9 Å². The summed E-state index contributed by atoms with van der Waals surface area (Å²) in [6.45, 7) is 0.799. The van der Waals surface area contributed by atoms with E-state index in [0.717, 1.165) is 43.6 Å². The molecule has 4 rings (SSSR count). The molecule has 1 spiro atoms. The van der Waals surface area contributed by atoms with Gasteiger partial charge in [0.25, 0.3) is 0 Å². The lowest BCUT2D eigenvalue weighted by molar-refractivity contribution is 0.193. The summed E-state index contributed by atoms with van der Waals surface area (Å²) >= 11 is 0. The molecular formula is C17H22N4O2S. The number of rotatable bonds is 4. The summed E-state index contributed by atoms with van der Waals surface area (Å²) in [6.07, 6.45) is 11.4. The largest absolute Gasteiger partial charge is 0.310 e. The van der Waals surface area contributed by atoms with Crippen LogP contribution in [-0.2, 0) is 16.4 Å². The molecular weight excluding hydrogens is 324 g/mol. The van der Waals surface area contributed by atoms with Gasteiger partial charge in [-0.1, -0.05) is 6.07 Å². The van der Waals surface area contributed by atoms with E-state index in [1.165, 1.54) is 0 Å². The SMILES string of the molecule is O=S1(=O)CC2(CCC(NCc3ccc(-n4ccnc4)nc3)CC2)C1. The zero-order chi connectivity index (χ0) is 16.6. The predicted octanol–water partition coefficient (Wildman–Crippen LogP) is 1.71. The molecule has 0 bridgehead atoms. The average Bonchev–Trinajstić information content (AvgIpc) is 3.07. The number of pyridine rings is 1. The molecule has 2 aromatic heterocycles. The van der Waals surface area contributed by atoms with Crippen molar-refractivity contribution in [2.45, 2.75) is 38.3 Å². The number of nitrogens with zero attached hydrogens (tertiary/aromatic N) is 3. The highest BCUT2D eigenvalue weighted by Crippen LogP contribution is 2.45. The van der Waals surface area contributed by atoms with E-state index in [1.807, 2.05) is 23.0 Å². The van der Waals surface area contributed by atoms with E-state index in [0.29, 0.717) is 17.5 Å². The molecule has 0 atom stereocenters. The van der Waals surface area contributed by atoms with Crippen LogP contribution < -0.4 is 5.32 Å². The van der Waals surface area contributed by atoms with Gasteiger partial charge in [-0.15, -0.1) is 0 Å². The van der Waals surface area contributed by atoms with Gasteiger partial charge in [-0.2, -0.15) is 0 Å². The summed E-state index contributed by atoms with van der Waals surface area (Å²) in [6, 6.07) is 4.55. The molecule has 1 saturated carbocycles. The van der Waals surface area contributed by atoms with E-state index in [9.17, 15) is 8.42 Å². The van der Waals surface area contributed by atoms with Crippen molar-refractivity contribution < 1.29 is 8.42 Å². The maximum atomic E-state index is 11.4. The van der Waals surface area contributed by atoms with Gasteiger partial charge < -0.3 is 5.32 Å². The molecule has 2 aromatic rings. The van der Waals surface area contributed by atoms with Gasteiger partial charge in [-0.25, -0.2) is 18.4 Å². The minimum atomic E-state index is -2.72. The summed E-state index contributed by atoms with van der Waals surface area (Å²) < 4.78 is 24.8. The molecule has 2 fully saturated rings. The number of nitrogens with one attached hydrogen (secondary N) is 1. The van der Waals surface area contributed by atoms with Crippen LogP contribution in [0.3, 0.4) is 0 Å². The maximum absolute atomic E-state index is 11.4. The van der Waals surface area contributed by atoms with Crippen molar-refractivity contribution >= 4 is 9.84 Å². The quantitative estimate of drug-likeness (QED) is 0.912. The Morgan fingerprint density at radius 1 is 1.25 bits per heavy atom. The fourth-order valence-electron chi connectivity index (χ4n) is 3.94. The van der Waals surface area contributed by atoms with Gasteiger partial charge in [-0.3, -0.25) is 4.57 Å². The lowest BCUT2D eigenvalue weighted by atomic mass is 9.74. The Balaban J connectivity index is 1.27. The smallest absolute Gasteiger partial charge is 0.151 e. The summed E-state index contributed by atoms with van der Waals surface area (Å²) in [7, 11) is -2.72. The lowest BCUT2D eigenvalue weighted by Gasteiger charge is -2.46. The van der Waals surface area contributed by atoms with Crippen LogP contribution in [0, 0.1) is 5.41 Å². The Labute approximate surface area is 142 Å². The van der Waals surface area contributed by atoms with E-state index < -0.39 is 9.84 Å². The monoisotopic (exact) mass is 346 g/mol. The summed E-state index contributed by atoms with van der Waals surface area (Å²) in [5.74, 6) is 1.68. The number of aromatic nitrogens is 3. The highest BCUT2D eigenvalue weighted by atomic mass is 32.2. The van der Waals surface area contributed by atoms with Gasteiger partial charge in [0, 0.05) is 31.2 Å². The third-order valence-electron chi connectivity index (χ3n) is 5.27. The van der Waals surface area contributed by atoms with Crippen LogP contribution >= 0.6 is 0 Å². The maximum Gasteiger partial charge on any atom is 0.151 e. The van der Waals surface area contributed by atoms with E-state index >= 15 is 0 Å². The Kier molecular flexibility index (Phi) is 3.92. The van der Waals surface area contributed by atoms with Gasteiger partial charge in [0.05, 0.1) is 11.5 Å². The summed E-state index contributed by atoms with van der Waals surface area (Å²) in [5.41, 5.74) is 1.26. The topological polar surface area (TPSA) is 76.9 Å². The minimum absolute atomic E-state index is 0.102. The zero-order valence-electron chi connectivity index (χ0n) is 13.6. The fourth-order valence-corrected chi connectivity index (χ4v) is 6.30.